The Morgan fingerprint density at radius 2 is 1.12 bits per heavy atom. The van der Waals surface area contributed by atoms with Crippen LogP contribution in [0.15, 0.2) is 103 Å². The van der Waals surface area contributed by atoms with Crippen LogP contribution >= 0.6 is 0 Å². The van der Waals surface area contributed by atoms with Crippen LogP contribution in [0.25, 0.3) is 22.5 Å². The van der Waals surface area contributed by atoms with Gasteiger partial charge >= 0.3 is 0 Å². The highest BCUT2D eigenvalue weighted by molar-refractivity contribution is 6.98. The Morgan fingerprint density at radius 3 is 1.79 bits per heavy atom. The Labute approximate surface area is 191 Å². The summed E-state index contributed by atoms with van der Waals surface area (Å²) in [5.74, 6) is 4.15. The largest absolute Gasteiger partial charge is 0.458 e. The minimum Gasteiger partial charge on any atom is -0.458 e. The first-order chi connectivity index (χ1) is 16.3. The molecule has 0 saturated carbocycles. The first-order valence-corrected chi connectivity index (χ1v) is 10.9. The molecule has 0 saturated heterocycles. The number of benzene rings is 4. The Bertz CT molecular complexity index is 1460. The maximum Gasteiger partial charge on any atom is 0.260 e. The lowest BCUT2D eigenvalue weighted by Gasteiger charge is -2.33. The molecular weight excluding hydrogens is 407 g/mol. The van der Waals surface area contributed by atoms with E-state index in [2.05, 4.69) is 58.5 Å². The van der Waals surface area contributed by atoms with E-state index in [0.717, 1.165) is 56.1 Å². The molecule has 33 heavy (non-hydrogen) atoms. The second kappa shape index (κ2) is 7.07. The highest BCUT2D eigenvalue weighted by atomic mass is 16.5. The van der Waals surface area contributed by atoms with Crippen LogP contribution in [0.5, 0.6) is 23.0 Å². The fraction of sp³-hybridized carbons (Fsp3) is 0. The average Bonchev–Trinajstić information content (AvgIpc) is 2.89. The molecule has 0 fully saturated rings. The van der Waals surface area contributed by atoms with Gasteiger partial charge in [0.25, 0.3) is 6.71 Å². The van der Waals surface area contributed by atoms with Crippen LogP contribution in [-0.4, -0.2) is 16.7 Å². The number of aromatic nitrogens is 2. The zero-order chi connectivity index (χ0) is 21.8. The Balaban J connectivity index is 1.42. The molecule has 0 spiro atoms. The highest BCUT2D eigenvalue weighted by Crippen LogP contribution is 2.38. The van der Waals surface area contributed by atoms with Crippen molar-refractivity contribution in [2.45, 2.75) is 0 Å². The van der Waals surface area contributed by atoms with Crippen molar-refractivity contribution in [2.24, 2.45) is 0 Å². The quantitative estimate of drug-likeness (QED) is 0.383. The van der Waals surface area contributed by atoms with E-state index in [0.29, 0.717) is 5.82 Å². The molecule has 2 aliphatic heterocycles. The summed E-state index contributed by atoms with van der Waals surface area (Å²) in [5.41, 5.74) is 6.46. The van der Waals surface area contributed by atoms with Crippen molar-refractivity contribution in [3.05, 3.63) is 103 Å². The third kappa shape index (κ3) is 2.86. The van der Waals surface area contributed by atoms with Gasteiger partial charge in [-0.25, -0.2) is 9.97 Å². The maximum absolute atomic E-state index is 6.41. The summed E-state index contributed by atoms with van der Waals surface area (Å²) in [6, 6.07) is 30.8. The summed E-state index contributed by atoms with van der Waals surface area (Å²) in [5, 5.41) is 0. The SMILES string of the molecule is c1cnc(-c2cccc(-c3cc4c5c(c3)Oc3ccccc3B5c3ccccc3O4)c2)nc1. The molecule has 4 aromatic carbocycles. The molecule has 0 bridgehead atoms. The molecule has 0 aliphatic carbocycles. The zero-order valence-corrected chi connectivity index (χ0v) is 17.6. The first kappa shape index (κ1) is 18.2. The molecule has 7 rings (SSSR count). The second-order valence-electron chi connectivity index (χ2n) is 8.25. The Kier molecular flexibility index (Phi) is 3.90. The molecular formula is C28H17BN2O2. The van der Waals surface area contributed by atoms with Crippen molar-refractivity contribution >= 4 is 23.1 Å². The third-order valence-corrected chi connectivity index (χ3v) is 6.31. The number of ether oxygens (including phenoxy) is 2. The van der Waals surface area contributed by atoms with Gasteiger partial charge in [-0.1, -0.05) is 54.6 Å². The molecule has 5 heteroatoms. The summed E-state index contributed by atoms with van der Waals surface area (Å²) >= 11 is 0. The third-order valence-electron chi connectivity index (χ3n) is 6.31. The summed E-state index contributed by atoms with van der Waals surface area (Å²) in [6.45, 7) is 0.0861. The summed E-state index contributed by atoms with van der Waals surface area (Å²) in [6.07, 6.45) is 3.52. The van der Waals surface area contributed by atoms with Gasteiger partial charge in [0.1, 0.15) is 23.0 Å². The smallest absolute Gasteiger partial charge is 0.260 e. The van der Waals surface area contributed by atoms with Gasteiger partial charge in [0.05, 0.1) is 0 Å². The van der Waals surface area contributed by atoms with Crippen LogP contribution in [0.2, 0.25) is 0 Å². The molecule has 2 aliphatic rings. The van der Waals surface area contributed by atoms with Crippen LogP contribution < -0.4 is 25.9 Å². The van der Waals surface area contributed by atoms with Crippen molar-refractivity contribution < 1.29 is 9.47 Å². The molecule has 5 aromatic rings. The van der Waals surface area contributed by atoms with Gasteiger partial charge in [-0.15, -0.1) is 0 Å². The maximum atomic E-state index is 6.41. The number of para-hydroxylation sites is 2. The topological polar surface area (TPSA) is 44.2 Å². The number of nitrogens with zero attached hydrogens (tertiary/aromatic N) is 2. The van der Waals surface area contributed by atoms with E-state index < -0.39 is 0 Å². The van der Waals surface area contributed by atoms with Gasteiger partial charge in [0, 0.05) is 23.4 Å². The fourth-order valence-electron chi connectivity index (χ4n) is 4.85. The molecule has 1 aromatic heterocycles. The molecule has 4 nitrogen and oxygen atoms in total. The lowest BCUT2D eigenvalue weighted by molar-refractivity contribution is 0.465. The van der Waals surface area contributed by atoms with E-state index in [4.69, 9.17) is 9.47 Å². The van der Waals surface area contributed by atoms with E-state index >= 15 is 0 Å². The number of fused-ring (bicyclic) bond motifs is 4. The lowest BCUT2D eigenvalue weighted by Crippen LogP contribution is -2.57. The van der Waals surface area contributed by atoms with E-state index in [1.165, 1.54) is 0 Å². The van der Waals surface area contributed by atoms with Gasteiger partial charge in [-0.3, -0.25) is 0 Å². The summed E-state index contributed by atoms with van der Waals surface area (Å²) in [4.78, 5) is 8.79. The van der Waals surface area contributed by atoms with E-state index in [-0.39, 0.29) is 6.71 Å². The van der Waals surface area contributed by atoms with Gasteiger partial charge in [-0.2, -0.15) is 0 Å². The molecule has 0 N–H and O–H groups in total. The van der Waals surface area contributed by atoms with Crippen LogP contribution in [0, 0.1) is 0 Å². The Hall–Kier alpha value is -4.38. The van der Waals surface area contributed by atoms with E-state index in [9.17, 15) is 0 Å². The van der Waals surface area contributed by atoms with Crippen molar-refractivity contribution in [3.8, 4) is 45.5 Å². The number of hydrogen-bond acceptors (Lipinski definition) is 4. The minimum absolute atomic E-state index is 0.0861. The second-order valence-corrected chi connectivity index (χ2v) is 8.25. The normalized spacial score (nSPS) is 12.7. The zero-order valence-electron chi connectivity index (χ0n) is 17.6. The summed E-state index contributed by atoms with van der Waals surface area (Å²) in [7, 11) is 0. The van der Waals surface area contributed by atoms with Gasteiger partial charge < -0.3 is 9.47 Å². The van der Waals surface area contributed by atoms with Crippen LogP contribution in [0.4, 0.5) is 0 Å². The lowest BCUT2D eigenvalue weighted by atomic mass is 9.35. The summed E-state index contributed by atoms with van der Waals surface area (Å²) < 4.78 is 12.8. The molecule has 0 amide bonds. The van der Waals surface area contributed by atoms with E-state index in [1.54, 1.807) is 12.4 Å². The van der Waals surface area contributed by atoms with Gasteiger partial charge in [-0.05, 0) is 58.5 Å². The van der Waals surface area contributed by atoms with Crippen LogP contribution in [-0.2, 0) is 0 Å². The highest BCUT2D eigenvalue weighted by Gasteiger charge is 2.40. The van der Waals surface area contributed by atoms with Gasteiger partial charge in [0.2, 0.25) is 0 Å². The number of rotatable bonds is 2. The standard InChI is InChI=1S/C28H17BN2O2/c1-3-11-23-21(9-1)29-22-10-2-4-12-24(22)33-26-17-20(16-25(32-23)27(26)29)18-7-5-8-19(15-18)28-30-13-6-14-31-28/h1-17H. The molecule has 3 heterocycles. The predicted molar refractivity (Wildman–Crippen MR) is 131 cm³/mol. The number of hydrogen-bond donors (Lipinski definition) is 0. The fourth-order valence-corrected chi connectivity index (χ4v) is 4.85. The molecule has 154 valence electrons. The minimum atomic E-state index is 0.0861. The van der Waals surface area contributed by atoms with Gasteiger partial charge in [0.15, 0.2) is 5.82 Å². The van der Waals surface area contributed by atoms with Crippen LogP contribution in [0.3, 0.4) is 0 Å². The predicted octanol–water partition coefficient (Wildman–Crippen LogP) is 4.54. The first-order valence-electron chi connectivity index (χ1n) is 10.9. The van der Waals surface area contributed by atoms with Crippen molar-refractivity contribution in [2.75, 3.05) is 0 Å². The van der Waals surface area contributed by atoms with Crippen LogP contribution in [0.1, 0.15) is 0 Å². The van der Waals surface area contributed by atoms with Crippen molar-refractivity contribution in [1.29, 1.82) is 0 Å². The Morgan fingerprint density at radius 1 is 0.515 bits per heavy atom. The molecule has 0 atom stereocenters. The monoisotopic (exact) mass is 424 g/mol. The van der Waals surface area contributed by atoms with Crippen molar-refractivity contribution in [1.82, 2.24) is 9.97 Å². The molecule has 0 unspecified atom stereocenters. The van der Waals surface area contributed by atoms with Crippen molar-refractivity contribution in [3.63, 3.8) is 0 Å². The average molecular weight is 424 g/mol. The molecule has 0 radical (unpaired) electrons. The van der Waals surface area contributed by atoms with E-state index in [1.807, 2.05) is 42.5 Å².